The monoisotopic (exact) mass is 383 g/mol. The number of carbonyl (C=O) groups is 2. The number of hydrogen-bond acceptors (Lipinski definition) is 5. The normalized spacial score (nSPS) is 19.4. The summed E-state index contributed by atoms with van der Waals surface area (Å²) in [5.74, 6) is 0.631. The molecule has 0 radical (unpaired) electrons. The summed E-state index contributed by atoms with van der Waals surface area (Å²) in [7, 11) is 0. The number of hydrogen-bond donors (Lipinski definition) is 3. The van der Waals surface area contributed by atoms with Crippen molar-refractivity contribution in [2.45, 2.75) is 25.3 Å². The van der Waals surface area contributed by atoms with Crippen molar-refractivity contribution in [3.8, 4) is 11.1 Å². The quantitative estimate of drug-likeness (QED) is 0.698. The molecule has 148 valence electrons. The van der Waals surface area contributed by atoms with Crippen molar-refractivity contribution in [1.29, 1.82) is 0 Å². The Bertz CT molecular complexity index is 847. The second-order valence-electron chi connectivity index (χ2n) is 7.40. The van der Waals surface area contributed by atoms with Gasteiger partial charge in [0.2, 0.25) is 5.91 Å². The average Bonchev–Trinajstić information content (AvgIpc) is 3.47. The van der Waals surface area contributed by atoms with Crippen LogP contribution in [0.3, 0.4) is 0 Å². The van der Waals surface area contributed by atoms with Crippen LogP contribution in [0, 0.1) is 5.92 Å². The average molecular weight is 383 g/mol. The van der Waals surface area contributed by atoms with Crippen molar-refractivity contribution in [2.24, 2.45) is 5.92 Å². The molecule has 4 N–H and O–H groups in total. The molecular weight excluding hydrogens is 358 g/mol. The van der Waals surface area contributed by atoms with Gasteiger partial charge in [-0.2, -0.15) is 5.10 Å². The fourth-order valence-electron chi connectivity index (χ4n) is 3.51. The lowest BCUT2D eigenvalue weighted by Gasteiger charge is -2.35. The Kier molecular flexibility index (Phi) is 5.29. The molecule has 1 unspecified atom stereocenters. The molecule has 28 heavy (non-hydrogen) atoms. The van der Waals surface area contributed by atoms with Gasteiger partial charge in [-0.25, -0.2) is 0 Å². The lowest BCUT2D eigenvalue weighted by atomic mass is 10.0. The number of carbonyl (C=O) groups excluding carboxylic acids is 2. The highest BCUT2D eigenvalue weighted by molar-refractivity contribution is 6.02. The van der Waals surface area contributed by atoms with Crippen LogP contribution in [0.25, 0.3) is 11.1 Å². The number of amides is 2. The molecule has 1 saturated carbocycles. The van der Waals surface area contributed by atoms with Gasteiger partial charge in [0.15, 0.2) is 5.82 Å². The summed E-state index contributed by atoms with van der Waals surface area (Å²) < 4.78 is 5.53. The van der Waals surface area contributed by atoms with E-state index in [1.807, 2.05) is 30.3 Å². The van der Waals surface area contributed by atoms with Crippen LogP contribution in [0.15, 0.2) is 30.3 Å². The number of H-pyrrole nitrogens is 1. The third kappa shape index (κ3) is 4.01. The molecule has 0 spiro atoms. The number of anilines is 1. The molecule has 8 nitrogen and oxygen atoms in total. The second-order valence-corrected chi connectivity index (χ2v) is 7.40. The number of nitrogens with one attached hydrogen (secondary N) is 2. The van der Waals surface area contributed by atoms with Crippen molar-refractivity contribution < 1.29 is 14.3 Å². The zero-order valence-electron chi connectivity index (χ0n) is 15.7. The van der Waals surface area contributed by atoms with Gasteiger partial charge >= 0.3 is 0 Å². The first-order valence-electron chi connectivity index (χ1n) is 9.68. The third-order valence-corrected chi connectivity index (χ3v) is 5.26. The van der Waals surface area contributed by atoms with Crippen molar-refractivity contribution in [2.75, 3.05) is 32.0 Å². The highest BCUT2D eigenvalue weighted by Gasteiger charge is 2.33. The molecule has 2 aliphatic rings. The van der Waals surface area contributed by atoms with Gasteiger partial charge in [0.1, 0.15) is 5.69 Å². The van der Waals surface area contributed by atoms with Gasteiger partial charge in [-0.3, -0.25) is 14.7 Å². The van der Waals surface area contributed by atoms with E-state index in [2.05, 4.69) is 15.5 Å². The molecule has 0 bridgehead atoms. The number of rotatable bonds is 6. The van der Waals surface area contributed by atoms with Gasteiger partial charge in [0, 0.05) is 19.5 Å². The molecule has 1 aliphatic carbocycles. The minimum absolute atomic E-state index is 0.0485. The second kappa shape index (κ2) is 8.02. The number of aromatic nitrogens is 2. The lowest BCUT2D eigenvalue weighted by Crippen LogP contribution is -2.50. The maximum Gasteiger partial charge on any atom is 0.273 e. The first-order valence-corrected chi connectivity index (χ1v) is 9.68. The first kappa shape index (κ1) is 18.5. The van der Waals surface area contributed by atoms with E-state index in [0.29, 0.717) is 36.9 Å². The van der Waals surface area contributed by atoms with Gasteiger partial charge in [-0.05, 0) is 24.3 Å². The smallest absolute Gasteiger partial charge is 0.273 e. The Morgan fingerprint density at radius 2 is 2.07 bits per heavy atom. The topological polar surface area (TPSA) is 113 Å². The van der Waals surface area contributed by atoms with Crippen LogP contribution in [0.5, 0.6) is 0 Å². The van der Waals surface area contributed by atoms with Crippen LogP contribution < -0.4 is 11.1 Å². The molecule has 1 aliphatic heterocycles. The SMILES string of the molecule is Nc1n[nH]c(C(=O)N2CCOCC2CC(=O)NCC2CC2)c1-c1ccccc1. The Labute approximate surface area is 163 Å². The Morgan fingerprint density at radius 3 is 2.82 bits per heavy atom. The third-order valence-electron chi connectivity index (χ3n) is 5.26. The van der Waals surface area contributed by atoms with E-state index in [1.54, 1.807) is 4.90 Å². The van der Waals surface area contributed by atoms with Crippen LogP contribution in [0.1, 0.15) is 29.8 Å². The summed E-state index contributed by atoms with van der Waals surface area (Å²) in [5.41, 5.74) is 7.78. The lowest BCUT2D eigenvalue weighted by molar-refractivity contribution is -0.123. The molecule has 1 atom stereocenters. The van der Waals surface area contributed by atoms with Gasteiger partial charge in [-0.15, -0.1) is 0 Å². The summed E-state index contributed by atoms with van der Waals surface area (Å²) in [6.07, 6.45) is 2.59. The number of nitrogens with zero attached hydrogens (tertiary/aromatic N) is 2. The van der Waals surface area contributed by atoms with Crippen molar-refractivity contribution >= 4 is 17.6 Å². The fraction of sp³-hybridized carbons (Fsp3) is 0.450. The standard InChI is InChI=1S/C20H25N5O3/c21-19-17(14-4-2-1-3-5-14)18(23-24-19)20(27)25-8-9-28-12-15(25)10-16(26)22-11-13-6-7-13/h1-5,13,15H,6-12H2,(H,22,26)(H3,21,23,24). The van der Waals surface area contributed by atoms with E-state index in [9.17, 15) is 9.59 Å². The van der Waals surface area contributed by atoms with Crippen molar-refractivity contribution in [3.05, 3.63) is 36.0 Å². The molecule has 1 saturated heterocycles. The van der Waals surface area contributed by atoms with E-state index >= 15 is 0 Å². The number of nitrogens with two attached hydrogens (primary N) is 1. The molecule has 2 aromatic rings. The Hall–Kier alpha value is -2.87. The molecule has 1 aromatic carbocycles. The van der Waals surface area contributed by atoms with E-state index < -0.39 is 0 Å². The Morgan fingerprint density at radius 1 is 1.29 bits per heavy atom. The number of nitrogen functional groups attached to an aromatic ring is 1. The predicted molar refractivity (Wildman–Crippen MR) is 104 cm³/mol. The van der Waals surface area contributed by atoms with Gasteiger partial charge in [-0.1, -0.05) is 30.3 Å². The number of morpholine rings is 1. The van der Waals surface area contributed by atoms with Crippen molar-refractivity contribution in [3.63, 3.8) is 0 Å². The number of aromatic amines is 1. The van der Waals surface area contributed by atoms with E-state index in [1.165, 1.54) is 12.8 Å². The highest BCUT2D eigenvalue weighted by Crippen LogP contribution is 2.30. The van der Waals surface area contributed by atoms with E-state index in [-0.39, 0.29) is 30.1 Å². The molecule has 2 amide bonds. The summed E-state index contributed by atoms with van der Waals surface area (Å²) in [5, 5.41) is 9.79. The minimum atomic E-state index is -0.311. The van der Waals surface area contributed by atoms with Crippen molar-refractivity contribution in [1.82, 2.24) is 20.4 Å². The molecule has 2 fully saturated rings. The first-order chi connectivity index (χ1) is 13.6. The predicted octanol–water partition coefficient (Wildman–Crippen LogP) is 1.42. The summed E-state index contributed by atoms with van der Waals surface area (Å²) >= 11 is 0. The molecule has 8 heteroatoms. The van der Waals surface area contributed by atoms with Crippen LogP contribution in [-0.2, 0) is 9.53 Å². The van der Waals surface area contributed by atoms with Crippen LogP contribution in [0.2, 0.25) is 0 Å². The summed E-state index contributed by atoms with van der Waals surface area (Å²) in [4.78, 5) is 27.3. The fourth-order valence-corrected chi connectivity index (χ4v) is 3.51. The van der Waals surface area contributed by atoms with Crippen LogP contribution >= 0.6 is 0 Å². The number of ether oxygens (including phenoxy) is 1. The van der Waals surface area contributed by atoms with Crippen LogP contribution in [-0.4, -0.2) is 59.3 Å². The van der Waals surface area contributed by atoms with E-state index in [0.717, 1.165) is 12.1 Å². The van der Waals surface area contributed by atoms with Crippen LogP contribution in [0.4, 0.5) is 5.82 Å². The number of benzene rings is 1. The minimum Gasteiger partial charge on any atom is -0.382 e. The zero-order valence-corrected chi connectivity index (χ0v) is 15.7. The maximum absolute atomic E-state index is 13.3. The molecule has 2 heterocycles. The van der Waals surface area contributed by atoms with Gasteiger partial charge in [0.05, 0.1) is 24.8 Å². The van der Waals surface area contributed by atoms with E-state index in [4.69, 9.17) is 10.5 Å². The zero-order chi connectivity index (χ0) is 19.5. The summed E-state index contributed by atoms with van der Waals surface area (Å²) in [6.45, 7) is 1.92. The largest absolute Gasteiger partial charge is 0.382 e. The maximum atomic E-state index is 13.3. The Balaban J connectivity index is 1.51. The molecule has 4 rings (SSSR count). The molecular formula is C20H25N5O3. The van der Waals surface area contributed by atoms with Gasteiger partial charge < -0.3 is 20.7 Å². The summed E-state index contributed by atoms with van der Waals surface area (Å²) in [6, 6.07) is 9.14. The van der Waals surface area contributed by atoms with Gasteiger partial charge in [0.25, 0.3) is 5.91 Å². The highest BCUT2D eigenvalue weighted by atomic mass is 16.5. The molecule has 1 aromatic heterocycles.